The Kier molecular flexibility index (Phi) is 10.6. The van der Waals surface area contributed by atoms with Crippen LogP contribution >= 0.6 is 23.2 Å². The summed E-state index contributed by atoms with van der Waals surface area (Å²) >= 11 is 12.6. The first-order valence-electron chi connectivity index (χ1n) is 13.6. The highest BCUT2D eigenvalue weighted by atomic mass is 35.5. The zero-order chi connectivity index (χ0) is 26.9. The van der Waals surface area contributed by atoms with Gasteiger partial charge in [0.2, 0.25) is 5.91 Å². The van der Waals surface area contributed by atoms with Crippen molar-refractivity contribution in [1.82, 2.24) is 4.90 Å². The molecule has 0 unspecified atom stereocenters. The third-order valence-electron chi connectivity index (χ3n) is 7.13. The van der Waals surface area contributed by atoms with Gasteiger partial charge in [0, 0.05) is 45.1 Å². The molecule has 0 spiro atoms. The number of aryl methyl sites for hydroxylation is 1. The fraction of sp³-hybridized carbons (Fsp3) is 0.517. The Labute approximate surface area is 235 Å². The molecular weight excluding hydrogens is 525 g/mol. The lowest BCUT2D eigenvalue weighted by Gasteiger charge is -2.36. The van der Waals surface area contributed by atoms with Crippen LogP contribution in [0.2, 0.25) is 10.0 Å². The molecule has 4 rings (SSSR count). The van der Waals surface area contributed by atoms with Gasteiger partial charge in [0.05, 0.1) is 28.0 Å². The van der Waals surface area contributed by atoms with Gasteiger partial charge in [-0.25, -0.2) is 0 Å². The van der Waals surface area contributed by atoms with Crippen LogP contribution in [-0.2, 0) is 20.7 Å². The van der Waals surface area contributed by atoms with Crippen LogP contribution in [0.4, 0.5) is 11.4 Å². The van der Waals surface area contributed by atoms with Crippen LogP contribution in [-0.4, -0.2) is 62.8 Å². The molecule has 1 fully saturated rings. The maximum Gasteiger partial charge on any atom is 0.307 e. The Morgan fingerprint density at radius 2 is 1.79 bits per heavy atom. The van der Waals surface area contributed by atoms with Crippen molar-refractivity contribution in [2.24, 2.45) is 0 Å². The van der Waals surface area contributed by atoms with Crippen molar-refractivity contribution >= 4 is 46.5 Å². The predicted octanol–water partition coefficient (Wildman–Crippen LogP) is 5.94. The summed E-state index contributed by atoms with van der Waals surface area (Å²) in [6, 6.07) is 11.6. The topological polar surface area (TPSA) is 62.3 Å². The number of piperazine rings is 1. The average Bonchev–Trinajstić information content (AvgIpc) is 2.93. The normalized spacial score (nSPS) is 15.9. The summed E-state index contributed by atoms with van der Waals surface area (Å²) in [5.74, 6) is 0.428. The summed E-state index contributed by atoms with van der Waals surface area (Å²) < 4.78 is 11.4. The second-order valence-electron chi connectivity index (χ2n) is 9.82. The van der Waals surface area contributed by atoms with E-state index >= 15 is 0 Å². The Morgan fingerprint density at radius 3 is 2.58 bits per heavy atom. The number of fused-ring (bicyclic) bond motifs is 1. The van der Waals surface area contributed by atoms with Gasteiger partial charge in [-0.1, -0.05) is 48.7 Å². The minimum absolute atomic E-state index is 0.0318. The summed E-state index contributed by atoms with van der Waals surface area (Å²) in [6.45, 7) is 7.44. The van der Waals surface area contributed by atoms with E-state index in [4.69, 9.17) is 32.7 Å². The SMILES string of the molecule is CCCCC(=O)OCN1C(=O)CCc2ccc(OCCCCN3CCN(c4cccc(Cl)c4Cl)CC3)cc21. The molecule has 2 heterocycles. The summed E-state index contributed by atoms with van der Waals surface area (Å²) in [6.07, 6.45) is 5.18. The summed E-state index contributed by atoms with van der Waals surface area (Å²) in [5.41, 5.74) is 2.85. The van der Waals surface area contributed by atoms with Gasteiger partial charge in [-0.2, -0.15) is 0 Å². The first-order chi connectivity index (χ1) is 18.5. The molecule has 0 atom stereocenters. The van der Waals surface area contributed by atoms with Gasteiger partial charge in [-0.05, 0) is 56.0 Å². The molecule has 2 aliphatic heterocycles. The molecule has 0 aliphatic carbocycles. The summed E-state index contributed by atoms with van der Waals surface area (Å²) in [4.78, 5) is 30.8. The Hall–Kier alpha value is -2.48. The van der Waals surface area contributed by atoms with Crippen LogP contribution in [0.1, 0.15) is 51.0 Å². The second kappa shape index (κ2) is 14.1. The van der Waals surface area contributed by atoms with Crippen molar-refractivity contribution in [3.8, 4) is 5.75 Å². The quantitative estimate of drug-likeness (QED) is 0.236. The fourth-order valence-corrected chi connectivity index (χ4v) is 5.27. The monoisotopic (exact) mass is 561 g/mol. The van der Waals surface area contributed by atoms with Crippen molar-refractivity contribution < 1.29 is 19.1 Å². The van der Waals surface area contributed by atoms with E-state index in [0.29, 0.717) is 35.9 Å². The van der Waals surface area contributed by atoms with Crippen LogP contribution in [0.15, 0.2) is 36.4 Å². The number of anilines is 2. The minimum Gasteiger partial charge on any atom is -0.494 e. The van der Waals surface area contributed by atoms with E-state index in [2.05, 4.69) is 9.80 Å². The molecule has 38 heavy (non-hydrogen) atoms. The Morgan fingerprint density at radius 1 is 0.974 bits per heavy atom. The molecule has 0 N–H and O–H groups in total. The summed E-state index contributed by atoms with van der Waals surface area (Å²) in [5, 5.41) is 1.22. The number of amides is 1. The standard InChI is InChI=1S/C29H37Cl2N3O4/c1-2-3-9-28(36)38-21-34-26-20-23(12-10-22(26)11-13-27(34)35)37-19-5-4-14-32-15-17-33(18-16-32)25-8-6-7-24(30)29(25)31/h6-8,10,12,20H,2-5,9,11,13-19,21H2,1H3. The largest absolute Gasteiger partial charge is 0.494 e. The second-order valence-corrected chi connectivity index (χ2v) is 10.6. The van der Waals surface area contributed by atoms with E-state index < -0.39 is 0 Å². The molecule has 0 bridgehead atoms. The lowest BCUT2D eigenvalue weighted by Crippen LogP contribution is -2.46. The average molecular weight is 563 g/mol. The van der Waals surface area contributed by atoms with E-state index in [1.807, 2.05) is 43.3 Å². The number of hydrogen-bond acceptors (Lipinski definition) is 6. The minimum atomic E-state index is -0.270. The van der Waals surface area contributed by atoms with E-state index in [9.17, 15) is 9.59 Å². The van der Waals surface area contributed by atoms with Gasteiger partial charge in [0.1, 0.15) is 5.75 Å². The van der Waals surface area contributed by atoms with E-state index in [0.717, 1.165) is 81.1 Å². The lowest BCUT2D eigenvalue weighted by atomic mass is 10.0. The van der Waals surface area contributed by atoms with Gasteiger partial charge >= 0.3 is 5.97 Å². The highest BCUT2D eigenvalue weighted by Gasteiger charge is 2.26. The number of hydrogen-bond donors (Lipinski definition) is 0. The van der Waals surface area contributed by atoms with Crippen molar-refractivity contribution in [1.29, 1.82) is 0 Å². The molecule has 2 aromatic rings. The molecule has 2 aromatic carbocycles. The molecule has 0 aromatic heterocycles. The molecule has 206 valence electrons. The van der Waals surface area contributed by atoms with E-state index in [1.165, 1.54) is 0 Å². The fourth-order valence-electron chi connectivity index (χ4n) is 4.85. The molecule has 7 nitrogen and oxygen atoms in total. The summed E-state index contributed by atoms with van der Waals surface area (Å²) in [7, 11) is 0. The number of nitrogens with zero attached hydrogens (tertiary/aromatic N) is 3. The highest BCUT2D eigenvalue weighted by molar-refractivity contribution is 6.43. The van der Waals surface area contributed by atoms with E-state index in [-0.39, 0.29) is 18.6 Å². The van der Waals surface area contributed by atoms with Gasteiger partial charge in [0.15, 0.2) is 6.73 Å². The number of benzene rings is 2. The maximum atomic E-state index is 12.6. The zero-order valence-corrected chi connectivity index (χ0v) is 23.6. The smallest absolute Gasteiger partial charge is 0.307 e. The van der Waals surface area contributed by atoms with Crippen molar-refractivity contribution in [3.63, 3.8) is 0 Å². The van der Waals surface area contributed by atoms with Crippen molar-refractivity contribution in [2.75, 3.05) is 55.9 Å². The van der Waals surface area contributed by atoms with Crippen LogP contribution in [0.25, 0.3) is 0 Å². The molecule has 2 aliphatic rings. The first-order valence-corrected chi connectivity index (χ1v) is 14.3. The molecule has 0 saturated carbocycles. The Bertz CT molecular complexity index is 1110. The number of esters is 1. The van der Waals surface area contributed by atoms with Crippen molar-refractivity contribution in [2.45, 2.75) is 51.9 Å². The first kappa shape index (κ1) is 28.5. The molecule has 1 amide bonds. The third kappa shape index (κ3) is 7.55. The Balaban J connectivity index is 1.19. The molecule has 0 radical (unpaired) electrons. The van der Waals surface area contributed by atoms with Crippen LogP contribution in [0, 0.1) is 0 Å². The lowest BCUT2D eigenvalue weighted by molar-refractivity contribution is -0.144. The zero-order valence-electron chi connectivity index (χ0n) is 22.1. The number of unbranched alkanes of at least 4 members (excludes halogenated alkanes) is 2. The molecule has 1 saturated heterocycles. The van der Waals surface area contributed by atoms with Gasteiger partial charge in [-0.15, -0.1) is 0 Å². The van der Waals surface area contributed by atoms with Gasteiger partial charge in [0.25, 0.3) is 0 Å². The van der Waals surface area contributed by atoms with E-state index in [1.54, 1.807) is 4.90 Å². The number of rotatable bonds is 12. The van der Waals surface area contributed by atoms with Gasteiger partial charge in [-0.3, -0.25) is 19.4 Å². The van der Waals surface area contributed by atoms with Gasteiger partial charge < -0.3 is 14.4 Å². The maximum absolute atomic E-state index is 12.6. The van der Waals surface area contributed by atoms with Crippen molar-refractivity contribution in [3.05, 3.63) is 52.0 Å². The highest BCUT2D eigenvalue weighted by Crippen LogP contribution is 2.33. The van der Waals surface area contributed by atoms with Crippen LogP contribution < -0.4 is 14.5 Å². The third-order valence-corrected chi connectivity index (χ3v) is 7.94. The van der Waals surface area contributed by atoms with Crippen LogP contribution in [0.5, 0.6) is 5.75 Å². The van der Waals surface area contributed by atoms with Crippen LogP contribution in [0.3, 0.4) is 0 Å². The predicted molar refractivity (Wildman–Crippen MR) is 153 cm³/mol. The molecule has 9 heteroatoms. The number of carbonyl (C=O) groups excluding carboxylic acids is 2. The molecular formula is C29H37Cl2N3O4. The number of ether oxygens (including phenoxy) is 2. The number of carbonyl (C=O) groups is 2. The number of halogens is 2.